The van der Waals surface area contributed by atoms with Crippen LogP contribution >= 0.6 is 17.1 Å². The van der Waals surface area contributed by atoms with Crippen molar-refractivity contribution < 1.29 is 9.42 Å². The van der Waals surface area contributed by atoms with Crippen LogP contribution in [0.4, 0.5) is 0 Å². The third-order valence-electron chi connectivity index (χ3n) is 5.92. The third kappa shape index (κ3) is 35.0. The molecule has 6 heteroatoms. The van der Waals surface area contributed by atoms with Gasteiger partial charge < -0.3 is 15.2 Å². The summed E-state index contributed by atoms with van der Waals surface area (Å²) in [4.78, 5) is 10.1. The zero-order valence-corrected chi connectivity index (χ0v) is 26.2. The Morgan fingerprint density at radius 2 is 1.15 bits per heavy atom. The first-order valence-corrected chi connectivity index (χ1v) is 18.8. The highest BCUT2D eigenvalue weighted by atomic mass is 32.9. The largest absolute Gasteiger partial charge is 0.337 e. The number of rotatable bonds is 24. The van der Waals surface area contributed by atoms with E-state index in [4.69, 9.17) is 22.1 Å². The minimum atomic E-state index is -2.58. The second-order valence-corrected chi connectivity index (χ2v) is 16.9. The van der Waals surface area contributed by atoms with Crippen molar-refractivity contribution in [3.05, 3.63) is 0 Å². The van der Waals surface area contributed by atoms with Crippen LogP contribution < -0.4 is 5.73 Å². The summed E-state index contributed by atoms with van der Waals surface area (Å²) in [5.74, 6) is 2.50. The molecular formula is C28H62NO2PS2. The first kappa shape index (κ1) is 37.0. The van der Waals surface area contributed by atoms with Gasteiger partial charge in [-0.2, -0.15) is 0 Å². The molecule has 208 valence electrons. The molecule has 1 unspecified atom stereocenters. The van der Waals surface area contributed by atoms with Crippen LogP contribution in [-0.4, -0.2) is 23.8 Å². The van der Waals surface area contributed by atoms with Gasteiger partial charge in [-0.3, -0.25) is 0 Å². The second-order valence-electron chi connectivity index (χ2n) is 10.6. The van der Waals surface area contributed by atoms with Crippen molar-refractivity contribution in [2.75, 3.05) is 18.9 Å². The molecule has 1 atom stereocenters. The first-order chi connectivity index (χ1) is 16.2. The van der Waals surface area contributed by atoms with Crippen molar-refractivity contribution >= 4 is 28.9 Å². The van der Waals surface area contributed by atoms with Crippen LogP contribution in [0.3, 0.4) is 0 Å². The fourth-order valence-corrected chi connectivity index (χ4v) is 7.11. The fourth-order valence-electron chi connectivity index (χ4n) is 3.69. The molecule has 0 aromatic carbocycles. The van der Waals surface area contributed by atoms with Crippen molar-refractivity contribution in [2.45, 2.75) is 150 Å². The molecule has 0 aliphatic carbocycles. The van der Waals surface area contributed by atoms with E-state index < -0.39 is 5.69 Å². The van der Waals surface area contributed by atoms with E-state index in [0.717, 1.165) is 37.0 Å². The predicted octanol–water partition coefficient (Wildman–Crippen LogP) is 10.3. The molecular weight excluding hydrogens is 477 g/mol. The van der Waals surface area contributed by atoms with Gasteiger partial charge in [-0.05, 0) is 49.4 Å². The third-order valence-corrected chi connectivity index (χ3v) is 10.3. The van der Waals surface area contributed by atoms with Crippen molar-refractivity contribution in [3.63, 3.8) is 0 Å². The molecule has 0 amide bonds. The Kier molecular flexibility index (Phi) is 31.0. The summed E-state index contributed by atoms with van der Waals surface area (Å²) in [5, 5.41) is 0. The van der Waals surface area contributed by atoms with E-state index in [1.807, 2.05) is 0 Å². The Bertz CT molecular complexity index is 403. The number of hydrogen-bond donors (Lipinski definition) is 2. The smallest absolute Gasteiger partial charge is 0.244 e. The van der Waals surface area contributed by atoms with E-state index in [0.29, 0.717) is 6.61 Å². The molecule has 0 aromatic heterocycles. The highest BCUT2D eigenvalue weighted by Crippen LogP contribution is 2.56. The average Bonchev–Trinajstić information content (AvgIpc) is 2.77. The zero-order valence-electron chi connectivity index (χ0n) is 23.7. The standard InChI is InChI=1S/C16H35O2PS2.C12H27N/c1-15(2)11-7-5-9-13-18-19(17,20)21-14-10-6-8-12-16(3)4;1-2-3-4-5-6-7-8-9-10-11-12-13/h15-16H,5-14H2,1-4H3,(H,17,20);2-13H2,1H3. The van der Waals surface area contributed by atoms with Crippen LogP contribution in [0.15, 0.2) is 0 Å². The van der Waals surface area contributed by atoms with E-state index in [1.54, 1.807) is 0 Å². The number of nitrogens with two attached hydrogens (primary N) is 1. The zero-order chi connectivity index (χ0) is 25.9. The quantitative estimate of drug-likeness (QED) is 0.0943. The van der Waals surface area contributed by atoms with Crippen LogP contribution in [0.1, 0.15) is 150 Å². The van der Waals surface area contributed by atoms with Crippen molar-refractivity contribution in [2.24, 2.45) is 17.6 Å². The van der Waals surface area contributed by atoms with Gasteiger partial charge in [0.05, 0.1) is 6.61 Å². The number of hydrogen-bond acceptors (Lipinski definition) is 4. The van der Waals surface area contributed by atoms with Gasteiger partial charge in [0.2, 0.25) is 5.69 Å². The van der Waals surface area contributed by atoms with E-state index in [-0.39, 0.29) is 0 Å². The molecule has 0 spiro atoms. The SMILES string of the molecule is CC(C)CCCCCOP(O)(=S)SCCCCCC(C)C.CCCCCCCCCCCCN. The molecule has 0 aliphatic heterocycles. The normalized spacial score (nSPS) is 13.2. The predicted molar refractivity (Wildman–Crippen MR) is 162 cm³/mol. The summed E-state index contributed by atoms with van der Waals surface area (Å²) in [6.45, 7) is 12.8. The molecule has 0 bridgehead atoms. The minimum Gasteiger partial charge on any atom is -0.337 e. The lowest BCUT2D eigenvalue weighted by Gasteiger charge is -2.15. The Labute approximate surface area is 224 Å². The maximum atomic E-state index is 10.1. The molecule has 0 radical (unpaired) electrons. The fraction of sp³-hybridized carbons (Fsp3) is 1.00. The molecule has 0 heterocycles. The Morgan fingerprint density at radius 3 is 1.62 bits per heavy atom. The summed E-state index contributed by atoms with van der Waals surface area (Å²) in [5.41, 5.74) is 2.85. The van der Waals surface area contributed by atoms with Gasteiger partial charge in [0.25, 0.3) is 0 Å². The number of unbranched alkanes of at least 4 members (excludes halogenated alkanes) is 13. The highest BCUT2D eigenvalue weighted by molar-refractivity contribution is 8.67. The topological polar surface area (TPSA) is 55.5 Å². The lowest BCUT2D eigenvalue weighted by molar-refractivity contribution is 0.306. The van der Waals surface area contributed by atoms with Gasteiger partial charge in [0.1, 0.15) is 0 Å². The summed E-state index contributed by atoms with van der Waals surface area (Å²) >= 11 is 6.66. The Hall–Kier alpha value is 0.880. The molecule has 3 nitrogen and oxygen atoms in total. The molecule has 0 aromatic rings. The van der Waals surface area contributed by atoms with Gasteiger partial charge in [-0.1, -0.05) is 142 Å². The van der Waals surface area contributed by atoms with Crippen molar-refractivity contribution in [1.29, 1.82) is 0 Å². The van der Waals surface area contributed by atoms with Gasteiger partial charge in [-0.25, -0.2) is 0 Å². The van der Waals surface area contributed by atoms with Crippen molar-refractivity contribution in [3.8, 4) is 0 Å². The van der Waals surface area contributed by atoms with E-state index in [1.165, 1.54) is 114 Å². The monoisotopic (exact) mass is 539 g/mol. The summed E-state index contributed by atoms with van der Waals surface area (Å²) in [7, 11) is 0. The first-order valence-electron chi connectivity index (χ1n) is 14.6. The van der Waals surface area contributed by atoms with E-state index >= 15 is 0 Å². The van der Waals surface area contributed by atoms with Crippen molar-refractivity contribution in [1.82, 2.24) is 0 Å². The Morgan fingerprint density at radius 1 is 0.706 bits per heavy atom. The Balaban J connectivity index is 0. The van der Waals surface area contributed by atoms with Gasteiger partial charge in [-0.15, -0.1) is 0 Å². The highest BCUT2D eigenvalue weighted by Gasteiger charge is 2.13. The molecule has 0 saturated heterocycles. The van der Waals surface area contributed by atoms with Crippen LogP contribution in [0.5, 0.6) is 0 Å². The van der Waals surface area contributed by atoms with Crippen LogP contribution in [0.25, 0.3) is 0 Å². The molecule has 0 saturated carbocycles. The molecule has 3 N–H and O–H groups in total. The maximum Gasteiger partial charge on any atom is 0.244 e. The minimum absolute atomic E-state index is 0.617. The molecule has 34 heavy (non-hydrogen) atoms. The van der Waals surface area contributed by atoms with Crippen LogP contribution in [-0.2, 0) is 16.3 Å². The second kappa shape index (κ2) is 28.5. The van der Waals surface area contributed by atoms with Crippen LogP contribution in [0.2, 0.25) is 0 Å². The molecule has 0 fully saturated rings. The lowest BCUT2D eigenvalue weighted by atomic mass is 10.1. The van der Waals surface area contributed by atoms with Gasteiger partial charge in [0.15, 0.2) is 0 Å². The lowest BCUT2D eigenvalue weighted by Crippen LogP contribution is -1.97. The maximum absolute atomic E-state index is 10.1. The summed E-state index contributed by atoms with van der Waals surface area (Å²) in [6.07, 6.45) is 23.6. The molecule has 0 rings (SSSR count). The van der Waals surface area contributed by atoms with Gasteiger partial charge in [0, 0.05) is 5.75 Å². The van der Waals surface area contributed by atoms with E-state index in [9.17, 15) is 4.89 Å². The van der Waals surface area contributed by atoms with E-state index in [2.05, 4.69) is 34.6 Å². The summed E-state index contributed by atoms with van der Waals surface area (Å²) < 4.78 is 5.53. The van der Waals surface area contributed by atoms with Crippen LogP contribution in [0, 0.1) is 11.8 Å². The van der Waals surface area contributed by atoms with Gasteiger partial charge >= 0.3 is 0 Å². The average molecular weight is 540 g/mol. The molecule has 0 aliphatic rings. The summed E-state index contributed by atoms with van der Waals surface area (Å²) in [6, 6.07) is 0.